The van der Waals surface area contributed by atoms with E-state index in [-0.39, 0.29) is 5.91 Å². The van der Waals surface area contributed by atoms with Crippen LogP contribution in [-0.4, -0.2) is 23.0 Å². The zero-order valence-electron chi connectivity index (χ0n) is 13.8. The molecular formula is C19H16Cl2N2OS. The lowest BCUT2D eigenvalue weighted by Gasteiger charge is -2.07. The number of benzene rings is 2. The van der Waals surface area contributed by atoms with Crippen LogP contribution in [0.3, 0.4) is 0 Å². The highest BCUT2D eigenvalue weighted by molar-refractivity contribution is 8.18. The maximum absolute atomic E-state index is 12.5. The molecule has 1 heterocycles. The molecule has 0 atom stereocenters. The fourth-order valence-corrected chi connectivity index (χ4v) is 3.68. The van der Waals surface area contributed by atoms with Crippen LogP contribution in [0, 0.1) is 0 Å². The van der Waals surface area contributed by atoms with Crippen molar-refractivity contribution in [3.8, 4) is 0 Å². The van der Waals surface area contributed by atoms with Crippen molar-refractivity contribution in [1.82, 2.24) is 4.90 Å². The van der Waals surface area contributed by atoms with Crippen molar-refractivity contribution in [1.29, 1.82) is 0 Å². The van der Waals surface area contributed by atoms with E-state index < -0.39 is 0 Å². The Kier molecular flexibility index (Phi) is 5.52. The minimum Gasteiger partial charge on any atom is -0.290 e. The second kappa shape index (κ2) is 7.65. The summed E-state index contributed by atoms with van der Waals surface area (Å²) in [6, 6.07) is 13.4. The molecule has 2 aromatic carbocycles. The predicted octanol–water partition coefficient (Wildman–Crippen LogP) is 5.79. The molecule has 1 fully saturated rings. The monoisotopic (exact) mass is 390 g/mol. The highest BCUT2D eigenvalue weighted by Gasteiger charge is 2.30. The Morgan fingerprint density at radius 2 is 1.88 bits per heavy atom. The van der Waals surface area contributed by atoms with Crippen molar-refractivity contribution in [2.45, 2.75) is 13.3 Å². The lowest BCUT2D eigenvalue weighted by atomic mass is 10.2. The molecular weight excluding hydrogens is 375 g/mol. The summed E-state index contributed by atoms with van der Waals surface area (Å²) in [6.45, 7) is 2.11. The Bertz CT molecular complexity index is 875. The number of rotatable bonds is 3. The molecule has 0 unspecified atom stereocenters. The first kappa shape index (κ1) is 18.1. The van der Waals surface area contributed by atoms with Crippen molar-refractivity contribution in [3.05, 3.63) is 68.5 Å². The largest absolute Gasteiger partial charge is 0.290 e. The third-order valence-corrected chi connectivity index (χ3v) is 5.73. The minimum atomic E-state index is -0.107. The van der Waals surface area contributed by atoms with Crippen LogP contribution in [0.25, 0.3) is 6.08 Å². The van der Waals surface area contributed by atoms with Crippen LogP contribution in [0.15, 0.2) is 52.4 Å². The molecule has 3 nitrogen and oxygen atoms in total. The van der Waals surface area contributed by atoms with Crippen LogP contribution in [-0.2, 0) is 11.2 Å². The quantitative estimate of drug-likeness (QED) is 0.621. The molecule has 0 N–H and O–H groups in total. The van der Waals surface area contributed by atoms with E-state index in [1.54, 1.807) is 30.2 Å². The second-order valence-electron chi connectivity index (χ2n) is 5.53. The first-order valence-electron chi connectivity index (χ1n) is 7.79. The van der Waals surface area contributed by atoms with Gasteiger partial charge in [0.1, 0.15) is 0 Å². The Hall–Kier alpha value is -1.75. The third kappa shape index (κ3) is 3.92. The van der Waals surface area contributed by atoms with Gasteiger partial charge >= 0.3 is 0 Å². The van der Waals surface area contributed by atoms with Gasteiger partial charge in [-0.3, -0.25) is 9.69 Å². The van der Waals surface area contributed by atoms with Crippen LogP contribution >= 0.6 is 35.0 Å². The lowest BCUT2D eigenvalue weighted by molar-refractivity contribution is -0.121. The zero-order chi connectivity index (χ0) is 18.0. The normalized spacial score (nSPS) is 17.8. The summed E-state index contributed by atoms with van der Waals surface area (Å²) < 4.78 is 0. The molecule has 2 aromatic rings. The number of halogens is 2. The average Bonchev–Trinajstić information content (AvgIpc) is 2.87. The number of carbonyl (C=O) groups excluding carboxylic acids is 1. The number of likely N-dealkylation sites (N-methyl/N-ethyl adjacent to an activating group) is 1. The van der Waals surface area contributed by atoms with Crippen LogP contribution in [0.4, 0.5) is 5.69 Å². The SMILES string of the molecule is CCc1ccc(N=C2SC(=Cc3cccc(Cl)c3Cl)C(=O)N2C)cc1. The van der Waals surface area contributed by atoms with Gasteiger partial charge < -0.3 is 0 Å². The average molecular weight is 391 g/mol. The van der Waals surface area contributed by atoms with Gasteiger partial charge in [-0.2, -0.15) is 0 Å². The maximum Gasteiger partial charge on any atom is 0.266 e. The zero-order valence-corrected chi connectivity index (χ0v) is 16.1. The van der Waals surface area contributed by atoms with Crippen LogP contribution in [0.5, 0.6) is 0 Å². The number of carbonyl (C=O) groups is 1. The summed E-state index contributed by atoms with van der Waals surface area (Å²) in [7, 11) is 1.72. The minimum absolute atomic E-state index is 0.107. The fraction of sp³-hybridized carbons (Fsp3) is 0.158. The summed E-state index contributed by atoms with van der Waals surface area (Å²) in [5.41, 5.74) is 2.79. The lowest BCUT2D eigenvalue weighted by Crippen LogP contribution is -2.23. The van der Waals surface area contributed by atoms with Crippen LogP contribution in [0.2, 0.25) is 10.0 Å². The molecule has 1 aliphatic heterocycles. The molecule has 6 heteroatoms. The molecule has 128 valence electrons. The van der Waals surface area contributed by atoms with E-state index in [2.05, 4.69) is 11.9 Å². The van der Waals surface area contributed by atoms with E-state index >= 15 is 0 Å². The van der Waals surface area contributed by atoms with E-state index in [1.165, 1.54) is 17.3 Å². The van der Waals surface area contributed by atoms with Crippen molar-refractivity contribution < 1.29 is 4.79 Å². The van der Waals surface area contributed by atoms with Gasteiger partial charge in [0.05, 0.1) is 20.6 Å². The predicted molar refractivity (Wildman–Crippen MR) is 108 cm³/mol. The molecule has 0 aliphatic carbocycles. The summed E-state index contributed by atoms with van der Waals surface area (Å²) in [4.78, 5) is 19.2. The first-order valence-corrected chi connectivity index (χ1v) is 9.36. The summed E-state index contributed by atoms with van der Waals surface area (Å²) in [6.07, 6.45) is 2.73. The topological polar surface area (TPSA) is 32.7 Å². The van der Waals surface area contributed by atoms with Gasteiger partial charge in [0.2, 0.25) is 0 Å². The smallest absolute Gasteiger partial charge is 0.266 e. The van der Waals surface area contributed by atoms with E-state index in [0.29, 0.717) is 25.7 Å². The number of amides is 1. The molecule has 1 saturated heterocycles. The van der Waals surface area contributed by atoms with Crippen molar-refractivity contribution in [3.63, 3.8) is 0 Å². The maximum atomic E-state index is 12.5. The summed E-state index contributed by atoms with van der Waals surface area (Å²) in [5, 5.41) is 1.54. The Morgan fingerprint density at radius 1 is 1.16 bits per heavy atom. The van der Waals surface area contributed by atoms with E-state index in [4.69, 9.17) is 23.2 Å². The van der Waals surface area contributed by atoms with Crippen molar-refractivity contribution in [2.75, 3.05) is 7.05 Å². The van der Waals surface area contributed by atoms with Crippen LogP contribution < -0.4 is 0 Å². The number of aliphatic imine (C=N–C) groups is 1. The number of nitrogens with zero attached hydrogens (tertiary/aromatic N) is 2. The molecule has 1 amide bonds. The highest BCUT2D eigenvalue weighted by Crippen LogP contribution is 2.35. The van der Waals surface area contributed by atoms with E-state index in [9.17, 15) is 4.79 Å². The van der Waals surface area contributed by atoms with Gasteiger partial charge in [0.25, 0.3) is 5.91 Å². The van der Waals surface area contributed by atoms with Crippen LogP contribution in [0.1, 0.15) is 18.1 Å². The molecule has 0 saturated carbocycles. The molecule has 0 bridgehead atoms. The first-order chi connectivity index (χ1) is 12.0. The number of hydrogen-bond donors (Lipinski definition) is 0. The van der Waals surface area contributed by atoms with Crippen molar-refractivity contribution >= 4 is 57.8 Å². The van der Waals surface area contributed by atoms with Gasteiger partial charge in [0, 0.05) is 7.05 Å². The third-order valence-electron chi connectivity index (χ3n) is 3.84. The molecule has 25 heavy (non-hydrogen) atoms. The fourth-order valence-electron chi connectivity index (χ4n) is 2.34. The standard InChI is InChI=1S/C19H16Cl2N2OS/c1-3-12-7-9-14(10-8-12)22-19-23(2)18(24)16(25-19)11-13-5-4-6-15(20)17(13)21/h4-11H,3H2,1-2H3. The van der Waals surface area contributed by atoms with Gasteiger partial charge in [-0.05, 0) is 53.6 Å². The van der Waals surface area contributed by atoms with Gasteiger partial charge in [0.15, 0.2) is 5.17 Å². The van der Waals surface area contributed by atoms with Gasteiger partial charge in [-0.25, -0.2) is 4.99 Å². The summed E-state index contributed by atoms with van der Waals surface area (Å²) in [5.74, 6) is -0.107. The van der Waals surface area contributed by atoms with E-state index in [0.717, 1.165) is 12.1 Å². The summed E-state index contributed by atoms with van der Waals surface area (Å²) >= 11 is 13.6. The Labute approximate surface area is 161 Å². The van der Waals surface area contributed by atoms with E-state index in [1.807, 2.05) is 30.3 Å². The number of aryl methyl sites for hydroxylation is 1. The molecule has 0 radical (unpaired) electrons. The Morgan fingerprint density at radius 3 is 2.56 bits per heavy atom. The number of hydrogen-bond acceptors (Lipinski definition) is 3. The second-order valence-corrected chi connectivity index (χ2v) is 7.33. The Balaban J connectivity index is 1.90. The van der Waals surface area contributed by atoms with Crippen molar-refractivity contribution in [2.24, 2.45) is 4.99 Å². The highest BCUT2D eigenvalue weighted by atomic mass is 35.5. The van der Waals surface area contributed by atoms with Gasteiger partial charge in [-0.1, -0.05) is 54.4 Å². The number of amidine groups is 1. The molecule has 0 spiro atoms. The molecule has 3 rings (SSSR count). The van der Waals surface area contributed by atoms with Gasteiger partial charge in [-0.15, -0.1) is 0 Å². The number of thioether (sulfide) groups is 1. The molecule has 1 aliphatic rings. The molecule has 0 aromatic heterocycles.